The van der Waals surface area contributed by atoms with Gasteiger partial charge in [0.15, 0.2) is 0 Å². The van der Waals surface area contributed by atoms with E-state index in [4.69, 9.17) is 9.97 Å². The van der Waals surface area contributed by atoms with E-state index in [1.54, 1.807) is 16.4 Å². The fourth-order valence-corrected chi connectivity index (χ4v) is 5.97. The quantitative estimate of drug-likeness (QED) is 0.827. The molecule has 0 saturated carbocycles. The molecular formula is C21H29N5O2S. The van der Waals surface area contributed by atoms with Crippen molar-refractivity contribution in [1.29, 1.82) is 0 Å². The van der Waals surface area contributed by atoms with Gasteiger partial charge in [-0.25, -0.2) is 18.4 Å². The van der Waals surface area contributed by atoms with Crippen LogP contribution < -0.4 is 5.32 Å². The summed E-state index contributed by atoms with van der Waals surface area (Å²) in [5, 5.41) is 3.20. The van der Waals surface area contributed by atoms with Crippen LogP contribution in [0.25, 0.3) is 0 Å². The number of aryl methyl sites for hydroxylation is 2. The van der Waals surface area contributed by atoms with Crippen molar-refractivity contribution in [3.05, 3.63) is 46.4 Å². The lowest BCUT2D eigenvalue weighted by Gasteiger charge is -2.28. The van der Waals surface area contributed by atoms with Crippen LogP contribution >= 0.6 is 0 Å². The van der Waals surface area contributed by atoms with E-state index in [2.05, 4.69) is 17.3 Å². The van der Waals surface area contributed by atoms with Crippen LogP contribution in [0.2, 0.25) is 0 Å². The van der Waals surface area contributed by atoms with Gasteiger partial charge in [0.2, 0.25) is 10.0 Å². The highest BCUT2D eigenvalue weighted by Crippen LogP contribution is 2.37. The Bertz CT molecular complexity index is 1040. The van der Waals surface area contributed by atoms with Crippen molar-refractivity contribution in [3.63, 3.8) is 0 Å². The summed E-state index contributed by atoms with van der Waals surface area (Å²) < 4.78 is 28.4. The van der Waals surface area contributed by atoms with Gasteiger partial charge in [-0.15, -0.1) is 0 Å². The predicted molar refractivity (Wildman–Crippen MR) is 113 cm³/mol. The van der Waals surface area contributed by atoms with Gasteiger partial charge < -0.3 is 10.2 Å². The summed E-state index contributed by atoms with van der Waals surface area (Å²) >= 11 is 0. The number of fused-ring (bicyclic) bond motifs is 1. The van der Waals surface area contributed by atoms with Crippen molar-refractivity contribution in [2.45, 2.75) is 50.6 Å². The molecule has 1 N–H and O–H groups in total. The smallest absolute Gasteiger partial charge is 0.243 e. The van der Waals surface area contributed by atoms with Gasteiger partial charge in [0.1, 0.15) is 11.6 Å². The molecule has 8 heteroatoms. The van der Waals surface area contributed by atoms with Gasteiger partial charge in [-0.1, -0.05) is 6.07 Å². The number of aromatic nitrogens is 2. The van der Waals surface area contributed by atoms with E-state index in [9.17, 15) is 8.42 Å². The first-order valence-electron chi connectivity index (χ1n) is 10.2. The van der Waals surface area contributed by atoms with E-state index >= 15 is 0 Å². The van der Waals surface area contributed by atoms with E-state index in [0.717, 1.165) is 60.6 Å². The number of rotatable bonds is 4. The van der Waals surface area contributed by atoms with Crippen molar-refractivity contribution in [1.82, 2.24) is 19.2 Å². The van der Waals surface area contributed by atoms with Gasteiger partial charge in [-0.3, -0.25) is 0 Å². The molecule has 156 valence electrons. The fourth-order valence-electron chi connectivity index (χ4n) is 4.23. The molecule has 3 heterocycles. The summed E-state index contributed by atoms with van der Waals surface area (Å²) in [5.41, 5.74) is 4.22. The average molecular weight is 416 g/mol. The third-order valence-electron chi connectivity index (χ3n) is 6.10. The zero-order valence-electron chi connectivity index (χ0n) is 17.6. The fraction of sp³-hybridized carbons (Fsp3) is 0.524. The average Bonchev–Trinajstić information content (AvgIpc) is 3.19. The van der Waals surface area contributed by atoms with Crippen LogP contribution in [-0.2, 0) is 23.0 Å². The number of hydrogen-bond donors (Lipinski definition) is 1. The Morgan fingerprint density at radius 2 is 1.93 bits per heavy atom. The highest BCUT2D eigenvalue weighted by Gasteiger charge is 2.38. The molecule has 7 nitrogen and oxygen atoms in total. The lowest BCUT2D eigenvalue weighted by atomic mass is 10.1. The summed E-state index contributed by atoms with van der Waals surface area (Å²) in [4.78, 5) is 12.2. The van der Waals surface area contributed by atoms with Crippen LogP contribution in [0.1, 0.15) is 47.1 Å². The van der Waals surface area contributed by atoms with Crippen molar-refractivity contribution >= 4 is 15.8 Å². The van der Waals surface area contributed by atoms with E-state index in [1.165, 1.54) is 0 Å². The third-order valence-corrected chi connectivity index (χ3v) is 8.00. The van der Waals surface area contributed by atoms with Gasteiger partial charge in [0.25, 0.3) is 0 Å². The maximum atomic E-state index is 13.4. The van der Waals surface area contributed by atoms with Gasteiger partial charge >= 0.3 is 0 Å². The molecule has 29 heavy (non-hydrogen) atoms. The molecule has 1 aromatic carbocycles. The number of anilines is 1. The first-order valence-corrected chi connectivity index (χ1v) is 11.6. The topological polar surface area (TPSA) is 78.4 Å². The van der Waals surface area contributed by atoms with Gasteiger partial charge in [-0.2, -0.15) is 4.31 Å². The van der Waals surface area contributed by atoms with Crippen molar-refractivity contribution in [2.24, 2.45) is 0 Å². The highest BCUT2D eigenvalue weighted by molar-refractivity contribution is 7.89. The first-order chi connectivity index (χ1) is 13.8. The molecule has 2 aliphatic rings. The Morgan fingerprint density at radius 1 is 1.14 bits per heavy atom. The molecule has 2 aromatic rings. The molecule has 0 aliphatic carbocycles. The van der Waals surface area contributed by atoms with E-state index < -0.39 is 10.0 Å². The molecule has 0 bridgehead atoms. The third kappa shape index (κ3) is 3.65. The Labute approximate surface area is 173 Å². The number of nitrogens with one attached hydrogen (secondary N) is 1. The second-order valence-corrected chi connectivity index (χ2v) is 10.0. The summed E-state index contributed by atoms with van der Waals surface area (Å²) in [5.74, 6) is 1.43. The molecule has 4 rings (SSSR count). The molecule has 1 saturated heterocycles. The zero-order chi connectivity index (χ0) is 20.8. The lowest BCUT2D eigenvalue weighted by Crippen LogP contribution is -2.33. The van der Waals surface area contributed by atoms with E-state index in [-0.39, 0.29) is 6.04 Å². The minimum Gasteiger partial charge on any atom is -0.373 e. The zero-order valence-corrected chi connectivity index (χ0v) is 18.4. The molecule has 0 radical (unpaired) electrons. The molecule has 1 aromatic heterocycles. The molecule has 2 aliphatic heterocycles. The Hall–Kier alpha value is -2.03. The maximum absolute atomic E-state index is 13.4. The molecule has 0 unspecified atom stereocenters. The van der Waals surface area contributed by atoms with Crippen molar-refractivity contribution in [3.8, 4) is 0 Å². The van der Waals surface area contributed by atoms with Crippen LogP contribution in [0.4, 0.5) is 5.82 Å². The van der Waals surface area contributed by atoms with Crippen molar-refractivity contribution < 1.29 is 8.42 Å². The second kappa shape index (κ2) is 7.66. The molecule has 0 spiro atoms. The number of nitrogens with zero attached hydrogens (tertiary/aromatic N) is 4. The minimum absolute atomic E-state index is 0.328. The summed E-state index contributed by atoms with van der Waals surface area (Å²) in [6.07, 6.45) is 2.45. The number of sulfonamides is 1. The van der Waals surface area contributed by atoms with Crippen LogP contribution in [0.3, 0.4) is 0 Å². The number of likely N-dealkylation sites (N-methyl/N-ethyl adjacent to an activating group) is 1. The Balaban J connectivity index is 1.73. The molecule has 0 amide bonds. The highest BCUT2D eigenvalue weighted by atomic mass is 32.2. The Morgan fingerprint density at radius 3 is 2.66 bits per heavy atom. The van der Waals surface area contributed by atoms with Crippen LogP contribution in [0, 0.1) is 13.8 Å². The van der Waals surface area contributed by atoms with E-state index in [1.807, 2.05) is 27.0 Å². The molecule has 1 fully saturated rings. The van der Waals surface area contributed by atoms with Crippen LogP contribution in [0.5, 0.6) is 0 Å². The number of hydrogen-bond acceptors (Lipinski definition) is 6. The van der Waals surface area contributed by atoms with Crippen molar-refractivity contribution in [2.75, 3.05) is 32.5 Å². The van der Waals surface area contributed by atoms with Crippen LogP contribution in [0.15, 0.2) is 23.1 Å². The minimum atomic E-state index is -3.60. The van der Waals surface area contributed by atoms with Gasteiger partial charge in [0.05, 0.1) is 16.6 Å². The predicted octanol–water partition coefficient (Wildman–Crippen LogP) is 2.65. The Kier molecular flexibility index (Phi) is 5.35. The molecule has 1 atom stereocenters. The second-order valence-electron chi connectivity index (χ2n) is 8.11. The van der Waals surface area contributed by atoms with Crippen LogP contribution in [-0.4, -0.2) is 54.8 Å². The first kappa shape index (κ1) is 20.3. The van der Waals surface area contributed by atoms with Gasteiger partial charge in [-0.05, 0) is 63.4 Å². The largest absolute Gasteiger partial charge is 0.373 e. The normalized spacial score (nSPS) is 20.6. The SMILES string of the molecule is CNc1nc([C@H]2CCCN2S(=O)(=O)c2ccc(C)c(C)c2)nc2c1CCN(C)C2. The van der Waals surface area contributed by atoms with Gasteiger partial charge in [0, 0.05) is 32.2 Å². The monoisotopic (exact) mass is 415 g/mol. The maximum Gasteiger partial charge on any atom is 0.243 e. The molecular weight excluding hydrogens is 386 g/mol. The lowest BCUT2D eigenvalue weighted by molar-refractivity contribution is 0.304. The standard InChI is InChI=1S/C21H29N5O2S/c1-14-7-8-16(12-15(14)2)29(27,28)26-10-5-6-19(26)21-23-18-13-25(4)11-9-17(18)20(22-3)24-21/h7-8,12,19H,5-6,9-11,13H2,1-4H3,(H,22,23,24)/t19-/m1/s1. The van der Waals surface area contributed by atoms with E-state index in [0.29, 0.717) is 17.3 Å². The number of benzene rings is 1. The summed E-state index contributed by atoms with van der Waals surface area (Å²) in [6.45, 7) is 6.16. The summed E-state index contributed by atoms with van der Waals surface area (Å²) in [7, 11) is 0.339. The summed E-state index contributed by atoms with van der Waals surface area (Å²) in [6, 6.07) is 5.01.